The Bertz CT molecular complexity index is 606. The van der Waals surface area contributed by atoms with Crippen molar-refractivity contribution in [2.75, 3.05) is 13.7 Å². The molecule has 0 bridgehead atoms. The van der Waals surface area contributed by atoms with E-state index in [0.29, 0.717) is 13.0 Å². The normalized spacial score (nSPS) is 14.8. The van der Waals surface area contributed by atoms with Gasteiger partial charge in [0.1, 0.15) is 17.4 Å². The number of methoxy groups -OCH3 is 1. The van der Waals surface area contributed by atoms with Crippen molar-refractivity contribution in [1.82, 2.24) is 5.32 Å². The molecule has 1 N–H and O–H groups in total. The lowest BCUT2D eigenvalue weighted by Gasteiger charge is -2.23. The van der Waals surface area contributed by atoms with Crippen molar-refractivity contribution >= 4 is 12.1 Å². The third kappa shape index (κ3) is 5.15. The number of nitrogens with one attached hydrogen (secondary N) is 1. The molecule has 0 aliphatic carbocycles. The van der Waals surface area contributed by atoms with Gasteiger partial charge in [0.05, 0.1) is 13.7 Å². The molecule has 1 aromatic carbocycles. The maximum atomic E-state index is 12.0. The van der Waals surface area contributed by atoms with Crippen LogP contribution in [0, 0.1) is 0 Å². The second-order valence-corrected chi connectivity index (χ2v) is 6.82. The van der Waals surface area contributed by atoms with Crippen molar-refractivity contribution in [2.24, 2.45) is 0 Å². The van der Waals surface area contributed by atoms with Gasteiger partial charge in [-0.25, -0.2) is 9.59 Å². The van der Waals surface area contributed by atoms with Gasteiger partial charge in [-0.05, 0) is 50.8 Å². The van der Waals surface area contributed by atoms with Gasteiger partial charge in [0, 0.05) is 6.42 Å². The fraction of sp³-hybridized carbons (Fsp3) is 0.556. The number of rotatable bonds is 4. The minimum Gasteiger partial charge on any atom is -0.493 e. The Hall–Kier alpha value is -2.24. The summed E-state index contributed by atoms with van der Waals surface area (Å²) in [5, 5.41) is 2.58. The molecular weight excluding hydrogens is 310 g/mol. The first-order chi connectivity index (χ1) is 11.3. The molecule has 2 rings (SSSR count). The molecule has 0 unspecified atom stereocenters. The molecule has 132 valence electrons. The number of hydrogen-bond donors (Lipinski definition) is 1. The number of aryl methyl sites for hydroxylation is 1. The van der Waals surface area contributed by atoms with Gasteiger partial charge in [0.15, 0.2) is 0 Å². The molecule has 1 aliphatic rings. The number of esters is 1. The molecule has 1 atom stereocenters. The molecular formula is C18H25NO5. The van der Waals surface area contributed by atoms with Crippen molar-refractivity contribution in [1.29, 1.82) is 0 Å². The summed E-state index contributed by atoms with van der Waals surface area (Å²) in [5.41, 5.74) is 1.42. The monoisotopic (exact) mass is 335 g/mol. The molecule has 6 heteroatoms. The average Bonchev–Trinajstić information content (AvgIpc) is 2.51. The van der Waals surface area contributed by atoms with Gasteiger partial charge in [-0.2, -0.15) is 0 Å². The molecule has 0 saturated heterocycles. The maximum absolute atomic E-state index is 12.0. The Kier molecular flexibility index (Phi) is 5.70. The molecule has 24 heavy (non-hydrogen) atoms. The number of hydrogen-bond acceptors (Lipinski definition) is 5. The number of amides is 1. The Morgan fingerprint density at radius 1 is 1.33 bits per heavy atom. The standard InChI is InChI=1S/C18H25NO5/c1-18(2,3)24-17(21)19-14(16(20)22-4)10-12-7-8-13-6-5-9-23-15(13)11-12/h7-8,11,14H,5-6,9-10H2,1-4H3,(H,19,21)/t14-/m0/s1. The molecule has 6 nitrogen and oxygen atoms in total. The van der Waals surface area contributed by atoms with Crippen LogP contribution in [0.25, 0.3) is 0 Å². The Labute approximate surface area is 142 Å². The SMILES string of the molecule is COC(=O)[C@H](Cc1ccc2c(c1)OCCC2)NC(=O)OC(C)(C)C. The van der Waals surface area contributed by atoms with Crippen LogP contribution in [0.5, 0.6) is 5.75 Å². The first kappa shape index (κ1) is 18.1. The summed E-state index contributed by atoms with van der Waals surface area (Å²) in [6.07, 6.45) is 1.67. The summed E-state index contributed by atoms with van der Waals surface area (Å²) in [6.45, 7) is 5.99. The predicted molar refractivity (Wildman–Crippen MR) is 89.1 cm³/mol. The van der Waals surface area contributed by atoms with Crippen molar-refractivity contribution < 1.29 is 23.8 Å². The minimum absolute atomic E-state index is 0.308. The van der Waals surface area contributed by atoms with E-state index >= 15 is 0 Å². The number of carbonyl (C=O) groups excluding carboxylic acids is 2. The molecule has 0 fully saturated rings. The Morgan fingerprint density at radius 2 is 2.08 bits per heavy atom. The number of ether oxygens (including phenoxy) is 3. The highest BCUT2D eigenvalue weighted by Gasteiger charge is 2.25. The first-order valence-electron chi connectivity index (χ1n) is 8.10. The fourth-order valence-corrected chi connectivity index (χ4v) is 2.53. The van der Waals surface area contributed by atoms with Crippen LogP contribution >= 0.6 is 0 Å². The van der Waals surface area contributed by atoms with E-state index in [9.17, 15) is 9.59 Å². The number of carbonyl (C=O) groups is 2. The van der Waals surface area contributed by atoms with Crippen LogP contribution in [0.15, 0.2) is 18.2 Å². The van der Waals surface area contributed by atoms with E-state index in [1.54, 1.807) is 20.8 Å². The predicted octanol–water partition coefficient (Wildman–Crippen LogP) is 2.62. The van der Waals surface area contributed by atoms with E-state index in [0.717, 1.165) is 24.2 Å². The Balaban J connectivity index is 2.08. The highest BCUT2D eigenvalue weighted by molar-refractivity contribution is 5.81. The Morgan fingerprint density at radius 3 is 2.75 bits per heavy atom. The van der Waals surface area contributed by atoms with Gasteiger partial charge in [0.25, 0.3) is 0 Å². The largest absolute Gasteiger partial charge is 0.493 e. The zero-order valence-corrected chi connectivity index (χ0v) is 14.7. The van der Waals surface area contributed by atoms with E-state index in [4.69, 9.17) is 14.2 Å². The van der Waals surface area contributed by atoms with E-state index < -0.39 is 23.7 Å². The van der Waals surface area contributed by atoms with Crippen LogP contribution in [0.2, 0.25) is 0 Å². The first-order valence-corrected chi connectivity index (χ1v) is 8.10. The summed E-state index contributed by atoms with van der Waals surface area (Å²) in [5.74, 6) is 0.333. The zero-order valence-electron chi connectivity index (χ0n) is 14.7. The molecule has 0 spiro atoms. The van der Waals surface area contributed by atoms with Crippen molar-refractivity contribution in [3.05, 3.63) is 29.3 Å². The summed E-state index contributed by atoms with van der Waals surface area (Å²) in [6, 6.07) is 5.05. The van der Waals surface area contributed by atoms with E-state index in [1.807, 2.05) is 18.2 Å². The fourth-order valence-electron chi connectivity index (χ4n) is 2.53. The van der Waals surface area contributed by atoms with E-state index in [-0.39, 0.29) is 0 Å². The average molecular weight is 335 g/mol. The highest BCUT2D eigenvalue weighted by atomic mass is 16.6. The lowest BCUT2D eigenvalue weighted by atomic mass is 10.00. The second kappa shape index (κ2) is 7.55. The molecule has 1 amide bonds. The molecule has 1 aromatic rings. The van der Waals surface area contributed by atoms with Gasteiger partial charge in [-0.1, -0.05) is 12.1 Å². The maximum Gasteiger partial charge on any atom is 0.408 e. The van der Waals surface area contributed by atoms with Crippen LogP contribution in [0.3, 0.4) is 0 Å². The third-order valence-corrected chi connectivity index (χ3v) is 3.60. The highest BCUT2D eigenvalue weighted by Crippen LogP contribution is 2.26. The smallest absolute Gasteiger partial charge is 0.408 e. The number of alkyl carbamates (subject to hydrolysis) is 1. The summed E-state index contributed by atoms with van der Waals surface area (Å²) in [4.78, 5) is 23.9. The number of fused-ring (bicyclic) bond motifs is 1. The van der Waals surface area contributed by atoms with Crippen LogP contribution < -0.4 is 10.1 Å². The van der Waals surface area contributed by atoms with Gasteiger partial charge in [0.2, 0.25) is 0 Å². The summed E-state index contributed by atoms with van der Waals surface area (Å²) in [7, 11) is 1.29. The van der Waals surface area contributed by atoms with Gasteiger partial charge in [-0.15, -0.1) is 0 Å². The van der Waals surface area contributed by atoms with Gasteiger partial charge < -0.3 is 19.5 Å². The van der Waals surface area contributed by atoms with E-state index in [2.05, 4.69) is 5.32 Å². The minimum atomic E-state index is -0.813. The topological polar surface area (TPSA) is 73.9 Å². The third-order valence-electron chi connectivity index (χ3n) is 3.60. The molecule has 1 heterocycles. The zero-order chi connectivity index (χ0) is 17.7. The van der Waals surface area contributed by atoms with Crippen LogP contribution in [0.1, 0.15) is 38.3 Å². The van der Waals surface area contributed by atoms with Crippen LogP contribution in [0.4, 0.5) is 4.79 Å². The second-order valence-electron chi connectivity index (χ2n) is 6.82. The van der Waals surface area contributed by atoms with E-state index in [1.165, 1.54) is 12.7 Å². The summed E-state index contributed by atoms with van der Waals surface area (Å²) >= 11 is 0. The molecule has 1 aliphatic heterocycles. The number of benzene rings is 1. The van der Waals surface area contributed by atoms with Crippen LogP contribution in [-0.2, 0) is 27.1 Å². The van der Waals surface area contributed by atoms with Crippen molar-refractivity contribution in [2.45, 2.75) is 51.7 Å². The molecule has 0 aromatic heterocycles. The summed E-state index contributed by atoms with van der Waals surface area (Å²) < 4.78 is 15.6. The van der Waals surface area contributed by atoms with Gasteiger partial charge >= 0.3 is 12.1 Å². The molecule has 0 saturated carbocycles. The van der Waals surface area contributed by atoms with Crippen LogP contribution in [-0.4, -0.2) is 37.4 Å². The van der Waals surface area contributed by atoms with Crippen molar-refractivity contribution in [3.63, 3.8) is 0 Å². The van der Waals surface area contributed by atoms with Gasteiger partial charge in [-0.3, -0.25) is 0 Å². The lowest BCUT2D eigenvalue weighted by Crippen LogP contribution is -2.45. The molecule has 0 radical (unpaired) electrons. The quantitative estimate of drug-likeness (QED) is 0.856. The lowest BCUT2D eigenvalue weighted by molar-refractivity contribution is -0.143. The van der Waals surface area contributed by atoms with Crippen molar-refractivity contribution in [3.8, 4) is 5.75 Å².